The standard InChI is InChI=1S/C15H23N3OS/c1-3-20-10-8-18-12-13(11-16-7-9-19-2)14-5-4-6-17-15(14)18/h4-6,12,16H,3,7-11H2,1-2H3. The van der Waals surface area contributed by atoms with Gasteiger partial charge < -0.3 is 14.6 Å². The van der Waals surface area contributed by atoms with Crippen molar-refractivity contribution in [1.82, 2.24) is 14.9 Å². The fourth-order valence-electron chi connectivity index (χ4n) is 2.21. The monoisotopic (exact) mass is 293 g/mol. The smallest absolute Gasteiger partial charge is 0.140 e. The number of aryl methyl sites for hydroxylation is 1. The molecule has 0 saturated carbocycles. The van der Waals surface area contributed by atoms with Crippen LogP contribution in [0.25, 0.3) is 11.0 Å². The molecule has 20 heavy (non-hydrogen) atoms. The molecule has 0 atom stereocenters. The van der Waals surface area contributed by atoms with Crippen LogP contribution in [-0.2, 0) is 17.8 Å². The first-order valence-corrected chi connectivity index (χ1v) is 8.22. The Morgan fingerprint density at radius 3 is 3.15 bits per heavy atom. The minimum Gasteiger partial charge on any atom is -0.383 e. The summed E-state index contributed by atoms with van der Waals surface area (Å²) in [4.78, 5) is 4.53. The minimum atomic E-state index is 0.740. The van der Waals surface area contributed by atoms with Crippen molar-refractivity contribution in [3.63, 3.8) is 0 Å². The second-order valence-electron chi connectivity index (χ2n) is 4.59. The largest absolute Gasteiger partial charge is 0.383 e. The van der Waals surface area contributed by atoms with Crippen LogP contribution in [0.4, 0.5) is 0 Å². The fraction of sp³-hybridized carbons (Fsp3) is 0.533. The number of pyridine rings is 1. The van der Waals surface area contributed by atoms with E-state index in [1.807, 2.05) is 24.0 Å². The van der Waals surface area contributed by atoms with E-state index in [9.17, 15) is 0 Å². The molecule has 0 fully saturated rings. The lowest BCUT2D eigenvalue weighted by Gasteiger charge is -2.03. The zero-order valence-corrected chi connectivity index (χ0v) is 13.1. The van der Waals surface area contributed by atoms with E-state index < -0.39 is 0 Å². The lowest BCUT2D eigenvalue weighted by atomic mass is 10.2. The van der Waals surface area contributed by atoms with Crippen LogP contribution in [0.2, 0.25) is 0 Å². The van der Waals surface area contributed by atoms with Crippen LogP contribution in [0.1, 0.15) is 12.5 Å². The van der Waals surface area contributed by atoms with Gasteiger partial charge in [0.15, 0.2) is 0 Å². The van der Waals surface area contributed by atoms with Crippen LogP contribution in [0.5, 0.6) is 0 Å². The molecule has 0 bridgehead atoms. The van der Waals surface area contributed by atoms with Crippen LogP contribution in [0, 0.1) is 0 Å². The second kappa shape index (κ2) is 8.29. The fourth-order valence-corrected chi connectivity index (χ4v) is 2.83. The first-order valence-electron chi connectivity index (χ1n) is 7.07. The average Bonchev–Trinajstić information content (AvgIpc) is 2.83. The van der Waals surface area contributed by atoms with Gasteiger partial charge in [0.05, 0.1) is 6.61 Å². The maximum Gasteiger partial charge on any atom is 0.140 e. The summed E-state index contributed by atoms with van der Waals surface area (Å²) in [5.74, 6) is 2.30. The Kier molecular flexibility index (Phi) is 6.36. The van der Waals surface area contributed by atoms with Crippen molar-refractivity contribution in [2.24, 2.45) is 0 Å². The molecule has 0 radical (unpaired) electrons. The molecule has 5 heteroatoms. The van der Waals surface area contributed by atoms with Crippen molar-refractivity contribution in [3.05, 3.63) is 30.1 Å². The average molecular weight is 293 g/mol. The Labute approximate surface area is 124 Å². The summed E-state index contributed by atoms with van der Waals surface area (Å²) in [6.45, 7) is 5.69. The van der Waals surface area contributed by atoms with Gasteiger partial charge in [0.1, 0.15) is 5.65 Å². The highest BCUT2D eigenvalue weighted by Crippen LogP contribution is 2.19. The summed E-state index contributed by atoms with van der Waals surface area (Å²) in [7, 11) is 1.73. The Morgan fingerprint density at radius 1 is 1.45 bits per heavy atom. The van der Waals surface area contributed by atoms with Crippen LogP contribution >= 0.6 is 11.8 Å². The van der Waals surface area contributed by atoms with E-state index in [1.165, 1.54) is 10.9 Å². The van der Waals surface area contributed by atoms with E-state index in [2.05, 4.69) is 34.1 Å². The van der Waals surface area contributed by atoms with Gasteiger partial charge in [0.2, 0.25) is 0 Å². The van der Waals surface area contributed by atoms with Gasteiger partial charge in [-0.25, -0.2) is 4.98 Å². The molecule has 2 heterocycles. The first-order chi connectivity index (χ1) is 9.86. The summed E-state index contributed by atoms with van der Waals surface area (Å²) >= 11 is 1.96. The number of fused-ring (bicyclic) bond motifs is 1. The topological polar surface area (TPSA) is 39.1 Å². The number of hydrogen-bond acceptors (Lipinski definition) is 4. The van der Waals surface area contributed by atoms with E-state index in [0.29, 0.717) is 0 Å². The SMILES string of the molecule is CCSCCn1cc(CNCCOC)c2cccnc21. The molecule has 1 N–H and O–H groups in total. The third kappa shape index (κ3) is 3.98. The summed E-state index contributed by atoms with van der Waals surface area (Å²) in [6.07, 6.45) is 4.10. The molecule has 4 nitrogen and oxygen atoms in total. The molecule has 0 aliphatic rings. The highest BCUT2D eigenvalue weighted by Gasteiger charge is 2.08. The highest BCUT2D eigenvalue weighted by atomic mass is 32.2. The zero-order chi connectivity index (χ0) is 14.2. The summed E-state index contributed by atoms with van der Waals surface area (Å²) < 4.78 is 7.32. The van der Waals surface area contributed by atoms with Crippen molar-refractivity contribution in [1.29, 1.82) is 0 Å². The Hall–Kier alpha value is -1.04. The van der Waals surface area contributed by atoms with Crippen molar-refractivity contribution in [3.8, 4) is 0 Å². The highest BCUT2D eigenvalue weighted by molar-refractivity contribution is 7.99. The molecule has 0 aromatic carbocycles. The lowest BCUT2D eigenvalue weighted by molar-refractivity contribution is 0.199. The minimum absolute atomic E-state index is 0.740. The van der Waals surface area contributed by atoms with Crippen LogP contribution in [0.3, 0.4) is 0 Å². The van der Waals surface area contributed by atoms with Crippen molar-refractivity contribution < 1.29 is 4.74 Å². The molecular weight excluding hydrogens is 270 g/mol. The molecule has 0 amide bonds. The van der Waals surface area contributed by atoms with E-state index in [4.69, 9.17) is 4.74 Å². The summed E-state index contributed by atoms with van der Waals surface area (Å²) in [5, 5.41) is 4.65. The van der Waals surface area contributed by atoms with Crippen molar-refractivity contribution >= 4 is 22.8 Å². The molecule has 2 rings (SSSR count). The second-order valence-corrected chi connectivity index (χ2v) is 5.98. The summed E-state index contributed by atoms with van der Waals surface area (Å²) in [5.41, 5.74) is 2.40. The number of nitrogens with zero attached hydrogens (tertiary/aromatic N) is 2. The quantitative estimate of drug-likeness (QED) is 0.721. The van der Waals surface area contributed by atoms with Gasteiger partial charge in [0.25, 0.3) is 0 Å². The Balaban J connectivity index is 2.09. The number of nitrogens with one attached hydrogen (secondary N) is 1. The zero-order valence-electron chi connectivity index (χ0n) is 12.3. The third-order valence-electron chi connectivity index (χ3n) is 3.20. The third-order valence-corrected chi connectivity index (χ3v) is 4.07. The molecule has 2 aromatic heterocycles. The molecule has 110 valence electrons. The van der Waals surface area contributed by atoms with Gasteiger partial charge >= 0.3 is 0 Å². The summed E-state index contributed by atoms with van der Waals surface area (Å²) in [6, 6.07) is 4.16. The predicted molar refractivity (Wildman–Crippen MR) is 86.3 cm³/mol. The van der Waals surface area contributed by atoms with E-state index in [0.717, 1.165) is 43.4 Å². The molecular formula is C15H23N3OS. The van der Waals surface area contributed by atoms with Gasteiger partial charge in [-0.3, -0.25) is 0 Å². The molecule has 0 saturated heterocycles. The maximum atomic E-state index is 5.06. The number of rotatable bonds is 9. The molecule has 0 aliphatic carbocycles. The Bertz CT molecular complexity index is 527. The van der Waals surface area contributed by atoms with Crippen LogP contribution in [0.15, 0.2) is 24.5 Å². The number of thioether (sulfide) groups is 1. The Morgan fingerprint density at radius 2 is 2.35 bits per heavy atom. The van der Waals surface area contributed by atoms with Gasteiger partial charge in [-0.1, -0.05) is 6.92 Å². The molecule has 2 aromatic rings. The number of aromatic nitrogens is 2. The van der Waals surface area contributed by atoms with Crippen molar-refractivity contribution in [2.45, 2.75) is 20.0 Å². The van der Waals surface area contributed by atoms with Gasteiger partial charge in [-0.2, -0.15) is 11.8 Å². The predicted octanol–water partition coefficient (Wildman–Crippen LogP) is 2.53. The molecule has 0 unspecified atom stereocenters. The molecule has 0 aliphatic heterocycles. The van der Waals surface area contributed by atoms with Crippen LogP contribution < -0.4 is 5.32 Å². The van der Waals surface area contributed by atoms with Gasteiger partial charge in [-0.15, -0.1) is 0 Å². The molecule has 0 spiro atoms. The number of methoxy groups -OCH3 is 1. The van der Waals surface area contributed by atoms with E-state index in [1.54, 1.807) is 7.11 Å². The normalized spacial score (nSPS) is 11.3. The van der Waals surface area contributed by atoms with Crippen molar-refractivity contribution in [2.75, 3.05) is 31.8 Å². The maximum absolute atomic E-state index is 5.06. The van der Waals surface area contributed by atoms with Gasteiger partial charge in [0, 0.05) is 50.3 Å². The van der Waals surface area contributed by atoms with E-state index >= 15 is 0 Å². The number of hydrogen-bond donors (Lipinski definition) is 1. The van der Waals surface area contributed by atoms with Crippen LogP contribution in [-0.4, -0.2) is 41.3 Å². The number of ether oxygens (including phenoxy) is 1. The van der Waals surface area contributed by atoms with E-state index in [-0.39, 0.29) is 0 Å². The lowest BCUT2D eigenvalue weighted by Crippen LogP contribution is -2.18. The van der Waals surface area contributed by atoms with Gasteiger partial charge in [-0.05, 0) is 23.4 Å². The first kappa shape index (κ1) is 15.4.